The van der Waals surface area contributed by atoms with Crippen molar-refractivity contribution in [3.05, 3.63) is 29.0 Å². The van der Waals surface area contributed by atoms with Crippen molar-refractivity contribution in [2.45, 2.75) is 13.0 Å². The van der Waals surface area contributed by atoms with E-state index >= 15 is 0 Å². The van der Waals surface area contributed by atoms with E-state index in [1.807, 2.05) is 0 Å². The number of benzene rings is 1. The summed E-state index contributed by atoms with van der Waals surface area (Å²) in [5.74, 6) is -1.85. The molecule has 7 heteroatoms. The number of amides is 2. The molecule has 0 saturated heterocycles. The van der Waals surface area contributed by atoms with Crippen molar-refractivity contribution in [1.29, 1.82) is 0 Å². The molecule has 0 heterocycles. The van der Waals surface area contributed by atoms with Gasteiger partial charge in [-0.3, -0.25) is 4.79 Å². The van der Waals surface area contributed by atoms with Crippen LogP contribution in [0.5, 0.6) is 0 Å². The molecule has 5 nitrogen and oxygen atoms in total. The third-order valence-corrected chi connectivity index (χ3v) is 2.13. The number of carboxylic acid groups (broad SMARTS) is 1. The predicted molar refractivity (Wildman–Crippen MR) is 60.7 cm³/mol. The van der Waals surface area contributed by atoms with Gasteiger partial charge in [0, 0.05) is 5.02 Å². The third kappa shape index (κ3) is 3.92. The van der Waals surface area contributed by atoms with E-state index in [9.17, 15) is 14.0 Å². The van der Waals surface area contributed by atoms with Crippen LogP contribution in [-0.2, 0) is 4.79 Å². The highest BCUT2D eigenvalue weighted by atomic mass is 35.5. The lowest BCUT2D eigenvalue weighted by Gasteiger charge is -2.11. The summed E-state index contributed by atoms with van der Waals surface area (Å²) >= 11 is 5.62. The van der Waals surface area contributed by atoms with Crippen LogP contribution >= 0.6 is 11.6 Å². The summed E-state index contributed by atoms with van der Waals surface area (Å²) in [7, 11) is 0. The average Bonchev–Trinajstić information content (AvgIpc) is 2.23. The van der Waals surface area contributed by atoms with Gasteiger partial charge in [-0.1, -0.05) is 11.6 Å². The molecule has 0 saturated carbocycles. The molecule has 1 aromatic rings. The summed E-state index contributed by atoms with van der Waals surface area (Å²) < 4.78 is 13.2. The summed E-state index contributed by atoms with van der Waals surface area (Å²) in [6.45, 7) is 1.29. The van der Waals surface area contributed by atoms with E-state index in [4.69, 9.17) is 16.7 Å². The van der Waals surface area contributed by atoms with Gasteiger partial charge in [0.2, 0.25) is 0 Å². The van der Waals surface area contributed by atoms with Gasteiger partial charge in [-0.05, 0) is 25.1 Å². The van der Waals surface area contributed by atoms with Crippen LogP contribution in [0, 0.1) is 5.82 Å². The molecule has 0 aromatic heterocycles. The van der Waals surface area contributed by atoms with E-state index in [0.717, 1.165) is 6.07 Å². The molecule has 0 aliphatic heterocycles. The first-order valence-corrected chi connectivity index (χ1v) is 5.03. The normalized spacial score (nSPS) is 11.7. The summed E-state index contributed by atoms with van der Waals surface area (Å²) in [5.41, 5.74) is -0.118. The van der Waals surface area contributed by atoms with E-state index in [0.29, 0.717) is 0 Å². The smallest absolute Gasteiger partial charge is 0.325 e. The van der Waals surface area contributed by atoms with E-state index < -0.39 is 23.9 Å². The Hall–Kier alpha value is -1.82. The Morgan fingerprint density at radius 3 is 2.71 bits per heavy atom. The van der Waals surface area contributed by atoms with Gasteiger partial charge in [0.25, 0.3) is 0 Å². The molecule has 1 aromatic carbocycles. The van der Waals surface area contributed by atoms with Crippen LogP contribution in [0.4, 0.5) is 14.9 Å². The molecule has 92 valence electrons. The Balaban J connectivity index is 2.68. The van der Waals surface area contributed by atoms with Crippen molar-refractivity contribution in [3.8, 4) is 0 Å². The van der Waals surface area contributed by atoms with Gasteiger partial charge in [0.05, 0.1) is 5.69 Å². The maximum atomic E-state index is 13.2. The van der Waals surface area contributed by atoms with Gasteiger partial charge < -0.3 is 15.7 Å². The average molecular weight is 261 g/mol. The van der Waals surface area contributed by atoms with Crippen molar-refractivity contribution < 1.29 is 19.1 Å². The van der Waals surface area contributed by atoms with Gasteiger partial charge >= 0.3 is 12.0 Å². The zero-order valence-corrected chi connectivity index (χ0v) is 9.58. The Kier molecular flexibility index (Phi) is 4.28. The van der Waals surface area contributed by atoms with E-state index in [1.165, 1.54) is 19.1 Å². The molecular formula is C10H10ClFN2O3. The number of nitrogens with one attached hydrogen (secondary N) is 2. The summed E-state index contributed by atoms with van der Waals surface area (Å²) in [6, 6.07) is 1.76. The number of carbonyl (C=O) groups excluding carboxylic acids is 1. The van der Waals surface area contributed by atoms with Crippen molar-refractivity contribution in [3.63, 3.8) is 0 Å². The van der Waals surface area contributed by atoms with E-state index in [-0.39, 0.29) is 10.7 Å². The Labute approximate surface area is 102 Å². The van der Waals surface area contributed by atoms with Crippen LogP contribution in [0.3, 0.4) is 0 Å². The Morgan fingerprint density at radius 2 is 2.12 bits per heavy atom. The van der Waals surface area contributed by atoms with Crippen molar-refractivity contribution >= 4 is 29.3 Å². The first-order chi connectivity index (χ1) is 7.90. The molecule has 0 radical (unpaired) electrons. The maximum absolute atomic E-state index is 13.2. The molecule has 0 fully saturated rings. The fraction of sp³-hybridized carbons (Fsp3) is 0.200. The number of carboxylic acids is 1. The predicted octanol–water partition coefficient (Wildman–Crippen LogP) is 2.07. The van der Waals surface area contributed by atoms with Crippen molar-refractivity contribution in [2.24, 2.45) is 0 Å². The third-order valence-electron chi connectivity index (χ3n) is 1.89. The number of aliphatic carboxylic acids is 1. The zero-order chi connectivity index (χ0) is 13.0. The molecule has 0 spiro atoms. The fourth-order valence-electron chi connectivity index (χ4n) is 1.01. The summed E-state index contributed by atoms with van der Waals surface area (Å²) in [6.07, 6.45) is 0. The Bertz CT molecular complexity index is 453. The highest BCUT2D eigenvalue weighted by Crippen LogP contribution is 2.19. The zero-order valence-electron chi connectivity index (χ0n) is 8.83. The molecule has 3 N–H and O–H groups in total. The van der Waals surface area contributed by atoms with Gasteiger partial charge in [0.1, 0.15) is 11.9 Å². The summed E-state index contributed by atoms with van der Waals surface area (Å²) in [4.78, 5) is 21.8. The fourth-order valence-corrected chi connectivity index (χ4v) is 1.18. The topological polar surface area (TPSA) is 78.4 Å². The van der Waals surface area contributed by atoms with Crippen LogP contribution in [0.15, 0.2) is 18.2 Å². The van der Waals surface area contributed by atoms with Gasteiger partial charge in [0.15, 0.2) is 0 Å². The largest absolute Gasteiger partial charge is 0.480 e. The maximum Gasteiger partial charge on any atom is 0.325 e. The number of anilines is 1. The molecule has 1 atom stereocenters. The Morgan fingerprint density at radius 1 is 1.47 bits per heavy atom. The van der Waals surface area contributed by atoms with Gasteiger partial charge in [-0.25, -0.2) is 9.18 Å². The lowest BCUT2D eigenvalue weighted by molar-refractivity contribution is -0.138. The molecule has 0 bridgehead atoms. The molecule has 17 heavy (non-hydrogen) atoms. The number of hydrogen-bond donors (Lipinski definition) is 3. The second kappa shape index (κ2) is 5.49. The second-order valence-electron chi connectivity index (χ2n) is 3.28. The monoisotopic (exact) mass is 260 g/mol. The minimum Gasteiger partial charge on any atom is -0.480 e. The minimum absolute atomic E-state index is 0.118. The van der Waals surface area contributed by atoms with Crippen LogP contribution in [0.1, 0.15) is 6.92 Å². The van der Waals surface area contributed by atoms with E-state index in [2.05, 4.69) is 10.6 Å². The van der Waals surface area contributed by atoms with Crippen molar-refractivity contribution in [1.82, 2.24) is 5.32 Å². The molecule has 2 amide bonds. The first-order valence-electron chi connectivity index (χ1n) is 4.65. The van der Waals surface area contributed by atoms with Crippen LogP contribution < -0.4 is 10.6 Å². The van der Waals surface area contributed by atoms with Crippen molar-refractivity contribution in [2.75, 3.05) is 5.32 Å². The molecule has 0 aliphatic carbocycles. The minimum atomic E-state index is -1.19. The van der Waals surface area contributed by atoms with Crippen LogP contribution in [0.25, 0.3) is 0 Å². The molecule has 1 unspecified atom stereocenters. The summed E-state index contributed by atoms with van der Waals surface area (Å²) in [5, 5.41) is 13.1. The second-order valence-corrected chi connectivity index (χ2v) is 3.72. The number of rotatable bonds is 3. The van der Waals surface area contributed by atoms with Crippen LogP contribution in [0.2, 0.25) is 5.02 Å². The standard InChI is InChI=1S/C10H10ClFN2O3/c1-5(9(15)16)13-10(17)14-8-4-6(11)2-3-7(8)12/h2-5H,1H3,(H,15,16)(H2,13,14,17). The highest BCUT2D eigenvalue weighted by molar-refractivity contribution is 6.30. The quantitative estimate of drug-likeness (QED) is 0.778. The van der Waals surface area contributed by atoms with Gasteiger partial charge in [-0.15, -0.1) is 0 Å². The lowest BCUT2D eigenvalue weighted by Crippen LogP contribution is -2.41. The van der Waals surface area contributed by atoms with E-state index in [1.54, 1.807) is 0 Å². The molecule has 1 rings (SSSR count). The first kappa shape index (κ1) is 13.2. The van der Waals surface area contributed by atoms with Gasteiger partial charge in [-0.2, -0.15) is 0 Å². The molecular weight excluding hydrogens is 251 g/mol. The highest BCUT2D eigenvalue weighted by Gasteiger charge is 2.14. The number of urea groups is 1. The number of hydrogen-bond acceptors (Lipinski definition) is 2. The van der Waals surface area contributed by atoms with Crippen LogP contribution in [-0.4, -0.2) is 23.1 Å². The SMILES string of the molecule is CC(NC(=O)Nc1cc(Cl)ccc1F)C(=O)O. The number of halogens is 2. The lowest BCUT2D eigenvalue weighted by atomic mass is 10.3. The molecule has 0 aliphatic rings. The number of carbonyl (C=O) groups is 2.